The first-order valence-electron chi connectivity index (χ1n) is 6.41. The first-order valence-corrected chi connectivity index (χ1v) is 8.51. The highest BCUT2D eigenvalue weighted by atomic mass is 35.5. The Balaban J connectivity index is 2.51. The minimum Gasteiger partial charge on any atom is -0.310 e. The molecule has 0 spiro atoms. The van der Waals surface area contributed by atoms with Crippen molar-refractivity contribution in [2.75, 3.05) is 12.3 Å². The zero-order chi connectivity index (χ0) is 14.3. The van der Waals surface area contributed by atoms with Gasteiger partial charge in [0.15, 0.2) is 0 Å². The molecule has 0 heterocycles. The van der Waals surface area contributed by atoms with E-state index in [2.05, 4.69) is 12.2 Å². The Labute approximate surface area is 120 Å². The Morgan fingerprint density at radius 1 is 1.32 bits per heavy atom. The molecule has 0 saturated carbocycles. The summed E-state index contributed by atoms with van der Waals surface area (Å²) in [6.45, 7) is 2.75. The van der Waals surface area contributed by atoms with Gasteiger partial charge in [-0.2, -0.15) is 0 Å². The average Bonchev–Trinajstić information content (AvgIpc) is 2.33. The van der Waals surface area contributed by atoms with Gasteiger partial charge >= 0.3 is 0 Å². The molecular weight excluding hydrogens is 284 g/mol. The lowest BCUT2D eigenvalue weighted by Crippen LogP contribution is -2.25. The van der Waals surface area contributed by atoms with Gasteiger partial charge in [-0.25, -0.2) is 13.6 Å². The molecule has 4 nitrogen and oxygen atoms in total. The van der Waals surface area contributed by atoms with Crippen molar-refractivity contribution < 1.29 is 8.42 Å². The zero-order valence-corrected chi connectivity index (χ0v) is 12.7. The van der Waals surface area contributed by atoms with Crippen molar-refractivity contribution in [3.05, 3.63) is 34.9 Å². The Kier molecular flexibility index (Phi) is 6.79. The van der Waals surface area contributed by atoms with Crippen molar-refractivity contribution >= 4 is 21.6 Å². The lowest BCUT2D eigenvalue weighted by molar-refractivity contribution is 0.493. The fourth-order valence-electron chi connectivity index (χ4n) is 1.92. The number of hydrogen-bond donors (Lipinski definition) is 2. The van der Waals surface area contributed by atoms with Crippen LogP contribution in [0, 0.1) is 0 Å². The minimum atomic E-state index is -3.36. The van der Waals surface area contributed by atoms with Gasteiger partial charge in [-0.05, 0) is 37.1 Å². The molecule has 1 aromatic carbocycles. The molecule has 6 heteroatoms. The molecule has 0 aliphatic rings. The highest BCUT2D eigenvalue weighted by Gasteiger charge is 2.10. The molecule has 0 aliphatic heterocycles. The first kappa shape index (κ1) is 16.4. The van der Waals surface area contributed by atoms with E-state index in [0.717, 1.165) is 12.8 Å². The number of nitrogens with two attached hydrogens (primary N) is 1. The van der Waals surface area contributed by atoms with Crippen molar-refractivity contribution in [1.82, 2.24) is 5.32 Å². The standard InChI is InChI=1S/C13H21ClN2O2S/c1-2-4-13(11-5-7-12(14)8-6-11)16-9-3-10-19(15,17)18/h5-8,13,16H,2-4,9-10H2,1H3,(H2,15,17,18). The summed E-state index contributed by atoms with van der Waals surface area (Å²) in [6.07, 6.45) is 2.57. The normalized spacial score (nSPS) is 13.4. The van der Waals surface area contributed by atoms with Crippen LogP contribution in [-0.2, 0) is 10.0 Å². The largest absolute Gasteiger partial charge is 0.310 e. The fraction of sp³-hybridized carbons (Fsp3) is 0.538. The molecule has 0 aromatic heterocycles. The van der Waals surface area contributed by atoms with E-state index in [1.165, 1.54) is 5.56 Å². The Hall–Kier alpha value is -0.620. The Morgan fingerprint density at radius 2 is 1.95 bits per heavy atom. The van der Waals surface area contributed by atoms with Crippen LogP contribution >= 0.6 is 11.6 Å². The number of benzene rings is 1. The maximum Gasteiger partial charge on any atom is 0.209 e. The van der Waals surface area contributed by atoms with Gasteiger partial charge in [0.05, 0.1) is 5.75 Å². The molecule has 19 heavy (non-hydrogen) atoms. The predicted molar refractivity (Wildman–Crippen MR) is 79.7 cm³/mol. The SMILES string of the molecule is CCCC(NCCCS(N)(=O)=O)c1ccc(Cl)cc1. The van der Waals surface area contributed by atoms with Crippen LogP contribution in [0.1, 0.15) is 37.8 Å². The maximum atomic E-state index is 10.8. The molecule has 0 fully saturated rings. The topological polar surface area (TPSA) is 72.2 Å². The molecular formula is C13H21ClN2O2S. The van der Waals surface area contributed by atoms with Crippen LogP contribution in [0.4, 0.5) is 0 Å². The molecule has 1 rings (SSSR count). The maximum absolute atomic E-state index is 10.8. The Bertz CT molecular complexity index is 474. The van der Waals surface area contributed by atoms with Gasteiger partial charge in [-0.15, -0.1) is 0 Å². The van der Waals surface area contributed by atoms with Gasteiger partial charge in [0.25, 0.3) is 0 Å². The summed E-state index contributed by atoms with van der Waals surface area (Å²) >= 11 is 5.87. The van der Waals surface area contributed by atoms with Crippen LogP contribution in [-0.4, -0.2) is 20.7 Å². The molecule has 108 valence electrons. The summed E-state index contributed by atoms with van der Waals surface area (Å²) in [5.41, 5.74) is 1.17. The molecule has 0 saturated heterocycles. The third-order valence-corrected chi connectivity index (χ3v) is 3.96. The second-order valence-electron chi connectivity index (χ2n) is 4.57. The van der Waals surface area contributed by atoms with Gasteiger partial charge in [-0.3, -0.25) is 0 Å². The third-order valence-electron chi connectivity index (χ3n) is 2.85. The lowest BCUT2D eigenvalue weighted by atomic mass is 10.0. The van der Waals surface area contributed by atoms with Crippen molar-refractivity contribution in [2.45, 2.75) is 32.2 Å². The summed E-state index contributed by atoms with van der Waals surface area (Å²) in [5, 5.41) is 9.05. The quantitative estimate of drug-likeness (QED) is 0.725. The monoisotopic (exact) mass is 304 g/mol. The van der Waals surface area contributed by atoms with E-state index in [1.54, 1.807) is 0 Å². The summed E-state index contributed by atoms with van der Waals surface area (Å²) in [5.74, 6) is 0.0134. The van der Waals surface area contributed by atoms with E-state index < -0.39 is 10.0 Å². The van der Waals surface area contributed by atoms with Gasteiger partial charge in [-0.1, -0.05) is 37.1 Å². The van der Waals surface area contributed by atoms with Crippen molar-refractivity contribution in [1.29, 1.82) is 0 Å². The van der Waals surface area contributed by atoms with Gasteiger partial charge in [0.2, 0.25) is 10.0 Å². The second kappa shape index (κ2) is 7.85. The molecule has 0 amide bonds. The highest BCUT2D eigenvalue weighted by Crippen LogP contribution is 2.20. The number of hydrogen-bond acceptors (Lipinski definition) is 3. The zero-order valence-electron chi connectivity index (χ0n) is 11.1. The van der Waals surface area contributed by atoms with E-state index in [0.29, 0.717) is 18.0 Å². The van der Waals surface area contributed by atoms with Crippen LogP contribution in [0.3, 0.4) is 0 Å². The number of rotatable bonds is 8. The summed E-state index contributed by atoms with van der Waals surface area (Å²) < 4.78 is 21.7. The Morgan fingerprint density at radius 3 is 2.47 bits per heavy atom. The molecule has 1 atom stereocenters. The number of nitrogens with one attached hydrogen (secondary N) is 1. The minimum absolute atomic E-state index is 0.0134. The van der Waals surface area contributed by atoms with E-state index in [9.17, 15) is 8.42 Å². The molecule has 1 unspecified atom stereocenters. The summed E-state index contributed by atoms with van der Waals surface area (Å²) in [6, 6.07) is 7.95. The van der Waals surface area contributed by atoms with Crippen LogP contribution in [0.15, 0.2) is 24.3 Å². The molecule has 0 aliphatic carbocycles. The predicted octanol–water partition coefficient (Wildman–Crippen LogP) is 2.45. The van der Waals surface area contributed by atoms with E-state index >= 15 is 0 Å². The lowest BCUT2D eigenvalue weighted by Gasteiger charge is -2.18. The number of sulfonamides is 1. The number of primary sulfonamides is 1. The van der Waals surface area contributed by atoms with Crippen LogP contribution in [0.25, 0.3) is 0 Å². The third kappa shape index (κ3) is 6.92. The molecule has 3 N–H and O–H groups in total. The average molecular weight is 305 g/mol. The first-order chi connectivity index (χ1) is 8.92. The van der Waals surface area contributed by atoms with Crippen molar-refractivity contribution in [2.24, 2.45) is 5.14 Å². The van der Waals surface area contributed by atoms with E-state index in [1.807, 2.05) is 24.3 Å². The number of halogens is 1. The molecule has 0 bridgehead atoms. The second-order valence-corrected chi connectivity index (χ2v) is 6.74. The summed E-state index contributed by atoms with van der Waals surface area (Å²) in [4.78, 5) is 0. The molecule has 0 radical (unpaired) electrons. The van der Waals surface area contributed by atoms with Gasteiger partial charge < -0.3 is 5.32 Å². The molecule has 1 aromatic rings. The fourth-order valence-corrected chi connectivity index (χ4v) is 2.59. The van der Waals surface area contributed by atoms with Crippen molar-refractivity contribution in [3.8, 4) is 0 Å². The van der Waals surface area contributed by atoms with Gasteiger partial charge in [0.1, 0.15) is 0 Å². The van der Waals surface area contributed by atoms with E-state index in [-0.39, 0.29) is 11.8 Å². The van der Waals surface area contributed by atoms with E-state index in [4.69, 9.17) is 16.7 Å². The van der Waals surface area contributed by atoms with Gasteiger partial charge in [0, 0.05) is 11.1 Å². The van der Waals surface area contributed by atoms with Crippen LogP contribution < -0.4 is 10.5 Å². The summed E-state index contributed by atoms with van der Waals surface area (Å²) in [7, 11) is -3.36. The van der Waals surface area contributed by atoms with Crippen molar-refractivity contribution in [3.63, 3.8) is 0 Å². The van der Waals surface area contributed by atoms with Crippen LogP contribution in [0.5, 0.6) is 0 Å². The highest BCUT2D eigenvalue weighted by molar-refractivity contribution is 7.89. The van der Waals surface area contributed by atoms with Crippen LogP contribution in [0.2, 0.25) is 5.02 Å². The smallest absolute Gasteiger partial charge is 0.209 e.